The average molecular weight is 449 g/mol. The van der Waals surface area contributed by atoms with Crippen molar-refractivity contribution in [1.29, 1.82) is 0 Å². The molecular formula is C22H32N4O4S. The van der Waals surface area contributed by atoms with Crippen LogP contribution in [0, 0.1) is 0 Å². The van der Waals surface area contributed by atoms with Crippen LogP contribution in [0.4, 0.5) is 11.4 Å². The van der Waals surface area contributed by atoms with E-state index in [2.05, 4.69) is 10.2 Å². The van der Waals surface area contributed by atoms with Crippen LogP contribution in [0.1, 0.15) is 52.4 Å². The van der Waals surface area contributed by atoms with Crippen LogP contribution in [-0.2, 0) is 19.6 Å². The Hall–Kier alpha value is -2.13. The number of fused-ring (bicyclic) bond motifs is 3. The van der Waals surface area contributed by atoms with Gasteiger partial charge in [-0.25, -0.2) is 8.42 Å². The Bertz CT molecular complexity index is 958. The van der Waals surface area contributed by atoms with E-state index in [0.717, 1.165) is 50.8 Å². The van der Waals surface area contributed by atoms with Crippen LogP contribution < -0.4 is 15.1 Å². The number of nitrogens with zero attached hydrogens (tertiary/aromatic N) is 3. The van der Waals surface area contributed by atoms with Crippen molar-refractivity contribution in [2.45, 2.75) is 69.4 Å². The number of carbonyl (C=O) groups excluding carboxylic acids is 2. The van der Waals surface area contributed by atoms with Crippen molar-refractivity contribution in [3.8, 4) is 0 Å². The molecule has 2 fully saturated rings. The molecule has 0 aromatic heterocycles. The largest absolute Gasteiger partial charge is 0.358 e. The lowest BCUT2D eigenvalue weighted by molar-refractivity contribution is -0.125. The molecule has 0 bridgehead atoms. The Balaban J connectivity index is 1.72. The minimum Gasteiger partial charge on any atom is -0.358 e. The first-order valence-electron chi connectivity index (χ1n) is 11.3. The highest BCUT2D eigenvalue weighted by Crippen LogP contribution is 2.41. The molecule has 0 radical (unpaired) electrons. The van der Waals surface area contributed by atoms with Crippen LogP contribution in [0.15, 0.2) is 23.1 Å². The van der Waals surface area contributed by atoms with Crippen molar-refractivity contribution in [2.75, 3.05) is 36.0 Å². The summed E-state index contributed by atoms with van der Waals surface area (Å²) in [6, 6.07) is 4.76. The number of piperidine rings is 1. The van der Waals surface area contributed by atoms with E-state index < -0.39 is 10.0 Å². The van der Waals surface area contributed by atoms with Crippen molar-refractivity contribution in [1.82, 2.24) is 9.62 Å². The molecule has 170 valence electrons. The molecule has 3 aliphatic heterocycles. The number of hydrogen-bond donors (Lipinski definition) is 1. The van der Waals surface area contributed by atoms with E-state index in [1.165, 1.54) is 9.21 Å². The minimum absolute atomic E-state index is 0.0138. The first-order valence-corrected chi connectivity index (χ1v) is 12.8. The molecule has 3 heterocycles. The van der Waals surface area contributed by atoms with Crippen molar-refractivity contribution >= 4 is 33.2 Å². The number of carbonyl (C=O) groups is 2. The molecule has 2 saturated heterocycles. The monoisotopic (exact) mass is 448 g/mol. The van der Waals surface area contributed by atoms with E-state index in [0.29, 0.717) is 18.8 Å². The van der Waals surface area contributed by atoms with E-state index >= 15 is 0 Å². The van der Waals surface area contributed by atoms with E-state index in [1.54, 1.807) is 12.1 Å². The molecule has 2 atom stereocenters. The quantitative estimate of drug-likeness (QED) is 0.720. The van der Waals surface area contributed by atoms with Crippen LogP contribution in [-0.4, -0.2) is 62.8 Å². The highest BCUT2D eigenvalue weighted by molar-refractivity contribution is 7.89. The molecule has 9 heteroatoms. The van der Waals surface area contributed by atoms with Crippen molar-refractivity contribution in [3.05, 3.63) is 18.2 Å². The third-order valence-electron chi connectivity index (χ3n) is 6.63. The van der Waals surface area contributed by atoms with Gasteiger partial charge in [-0.1, -0.05) is 6.92 Å². The van der Waals surface area contributed by atoms with Crippen LogP contribution in [0.5, 0.6) is 0 Å². The lowest BCUT2D eigenvalue weighted by Crippen LogP contribution is -2.57. The van der Waals surface area contributed by atoms with E-state index in [-0.39, 0.29) is 35.3 Å². The zero-order valence-corrected chi connectivity index (χ0v) is 19.2. The predicted molar refractivity (Wildman–Crippen MR) is 120 cm³/mol. The Morgan fingerprint density at radius 1 is 1.13 bits per heavy atom. The summed E-state index contributed by atoms with van der Waals surface area (Å²) >= 11 is 0. The zero-order valence-electron chi connectivity index (χ0n) is 18.3. The fraction of sp³-hybridized carbons (Fsp3) is 0.636. The maximum Gasteiger partial charge on any atom is 0.250 e. The fourth-order valence-electron chi connectivity index (χ4n) is 4.70. The highest BCUT2D eigenvalue weighted by atomic mass is 32.2. The molecule has 0 saturated carbocycles. The molecule has 1 aromatic carbocycles. The number of benzene rings is 1. The third kappa shape index (κ3) is 4.17. The number of hydrogen-bond acceptors (Lipinski definition) is 5. The summed E-state index contributed by atoms with van der Waals surface area (Å²) < 4.78 is 27.8. The van der Waals surface area contributed by atoms with Gasteiger partial charge in [-0.2, -0.15) is 4.31 Å². The molecule has 1 N–H and O–H groups in total. The Morgan fingerprint density at radius 3 is 2.55 bits per heavy atom. The van der Waals surface area contributed by atoms with Gasteiger partial charge >= 0.3 is 0 Å². The lowest BCUT2D eigenvalue weighted by Gasteiger charge is -2.45. The summed E-state index contributed by atoms with van der Waals surface area (Å²) in [5.41, 5.74) is 1.35. The zero-order chi connectivity index (χ0) is 22.2. The molecule has 3 aliphatic rings. The summed E-state index contributed by atoms with van der Waals surface area (Å²) in [6.07, 6.45) is 5.22. The Morgan fingerprint density at radius 2 is 1.84 bits per heavy atom. The molecular weight excluding hydrogens is 416 g/mol. The molecule has 0 unspecified atom stereocenters. The topological polar surface area (TPSA) is 90.0 Å². The number of rotatable bonds is 6. The lowest BCUT2D eigenvalue weighted by atomic mass is 9.96. The summed E-state index contributed by atoms with van der Waals surface area (Å²) in [5, 5.41) is 2.92. The van der Waals surface area contributed by atoms with Crippen molar-refractivity contribution in [3.63, 3.8) is 0 Å². The van der Waals surface area contributed by atoms with Crippen molar-refractivity contribution in [2.24, 2.45) is 0 Å². The maximum atomic E-state index is 13.4. The minimum atomic E-state index is -3.62. The third-order valence-corrected chi connectivity index (χ3v) is 8.52. The molecule has 8 nitrogen and oxygen atoms in total. The van der Waals surface area contributed by atoms with Gasteiger partial charge in [0.1, 0.15) is 12.6 Å². The van der Waals surface area contributed by atoms with Gasteiger partial charge in [0.2, 0.25) is 21.8 Å². The molecule has 2 amide bonds. The first-order chi connectivity index (χ1) is 14.8. The van der Waals surface area contributed by atoms with Crippen molar-refractivity contribution < 1.29 is 18.0 Å². The van der Waals surface area contributed by atoms with Gasteiger partial charge < -0.3 is 10.2 Å². The van der Waals surface area contributed by atoms with E-state index in [9.17, 15) is 18.0 Å². The van der Waals surface area contributed by atoms with Gasteiger partial charge in [-0.05, 0) is 63.6 Å². The second-order valence-corrected chi connectivity index (χ2v) is 10.7. The summed E-state index contributed by atoms with van der Waals surface area (Å²) in [7, 11) is -3.62. The van der Waals surface area contributed by atoms with Gasteiger partial charge in [0, 0.05) is 25.7 Å². The Kier molecular flexibility index (Phi) is 6.25. The standard InChI is InChI=1S/C22H32N4O4S/c1-3-16(2)23-21(27)15-26-20-14-17(31(29,30)24-11-6-7-12-24)9-10-18(20)25-13-5-4-8-19(25)22(26)28/h9-10,14,16,19H,3-8,11-13,15H2,1-2H3,(H,23,27)/t16-,19+/m0/s1. The second kappa shape index (κ2) is 8.78. The van der Waals surface area contributed by atoms with Crippen LogP contribution in [0.3, 0.4) is 0 Å². The second-order valence-electron chi connectivity index (χ2n) is 8.77. The van der Waals surface area contributed by atoms with Gasteiger partial charge in [0.05, 0.1) is 16.3 Å². The smallest absolute Gasteiger partial charge is 0.250 e. The fourth-order valence-corrected chi connectivity index (χ4v) is 6.24. The van der Waals surface area contributed by atoms with Crippen LogP contribution >= 0.6 is 0 Å². The number of nitrogens with one attached hydrogen (secondary N) is 1. The summed E-state index contributed by atoms with van der Waals surface area (Å²) in [5.74, 6) is -0.354. The molecule has 4 rings (SSSR count). The first kappa shape index (κ1) is 22.1. The van der Waals surface area contributed by atoms with E-state index in [4.69, 9.17) is 0 Å². The van der Waals surface area contributed by atoms with Gasteiger partial charge in [0.15, 0.2) is 0 Å². The van der Waals surface area contributed by atoms with E-state index in [1.807, 2.05) is 19.9 Å². The molecule has 1 aromatic rings. The van der Waals surface area contributed by atoms with Crippen LogP contribution in [0.2, 0.25) is 0 Å². The number of anilines is 2. The SMILES string of the molecule is CC[C@H](C)NC(=O)CN1C(=O)[C@H]2CCCCN2c2ccc(S(=O)(=O)N3CCCC3)cc21. The summed E-state index contributed by atoms with van der Waals surface area (Å²) in [6.45, 7) is 5.61. The number of sulfonamides is 1. The maximum absolute atomic E-state index is 13.4. The molecule has 31 heavy (non-hydrogen) atoms. The van der Waals surface area contributed by atoms with Gasteiger partial charge in [-0.3, -0.25) is 14.5 Å². The summed E-state index contributed by atoms with van der Waals surface area (Å²) in [4.78, 5) is 29.8. The highest BCUT2D eigenvalue weighted by Gasteiger charge is 2.41. The predicted octanol–water partition coefficient (Wildman–Crippen LogP) is 2.09. The normalized spacial score (nSPS) is 22.8. The van der Waals surface area contributed by atoms with Gasteiger partial charge in [-0.15, -0.1) is 0 Å². The number of amides is 2. The average Bonchev–Trinajstić information content (AvgIpc) is 3.32. The van der Waals surface area contributed by atoms with Gasteiger partial charge in [0.25, 0.3) is 0 Å². The molecule has 0 aliphatic carbocycles. The Labute approximate surface area is 184 Å². The van der Waals surface area contributed by atoms with Crippen LogP contribution in [0.25, 0.3) is 0 Å². The molecule has 0 spiro atoms.